The van der Waals surface area contributed by atoms with E-state index >= 15 is 0 Å². The number of nitrogens with zero attached hydrogens (tertiary/aromatic N) is 1. The monoisotopic (exact) mass is 217 g/mol. The van der Waals surface area contributed by atoms with E-state index in [1.165, 1.54) is 12.8 Å². The van der Waals surface area contributed by atoms with Crippen LogP contribution in [0.25, 0.3) is 0 Å². The Kier molecular flexibility index (Phi) is 3.70. The van der Waals surface area contributed by atoms with E-state index in [0.29, 0.717) is 5.78 Å². The fourth-order valence-corrected chi connectivity index (χ4v) is 2.41. The third-order valence-electron chi connectivity index (χ3n) is 3.33. The minimum absolute atomic E-state index is 0.219. The van der Waals surface area contributed by atoms with E-state index in [1.807, 2.05) is 25.1 Å². The van der Waals surface area contributed by atoms with E-state index in [0.717, 1.165) is 37.1 Å². The number of Topliss-reactive ketones (excluding diaryl/α,β-unsaturated/α-hetero) is 1. The van der Waals surface area contributed by atoms with Gasteiger partial charge in [-0.25, -0.2) is 0 Å². The molecular formula is C14H19NO. The summed E-state index contributed by atoms with van der Waals surface area (Å²) in [7, 11) is 0. The molecule has 2 heteroatoms. The molecule has 1 atom stereocenters. The molecule has 0 amide bonds. The van der Waals surface area contributed by atoms with Gasteiger partial charge in [-0.1, -0.05) is 18.9 Å². The zero-order valence-corrected chi connectivity index (χ0v) is 9.91. The minimum atomic E-state index is 0.219. The highest BCUT2D eigenvalue weighted by Gasteiger charge is 2.21. The lowest BCUT2D eigenvalue weighted by Crippen LogP contribution is -2.16. The highest BCUT2D eigenvalue weighted by atomic mass is 16.1. The van der Waals surface area contributed by atoms with Crippen molar-refractivity contribution in [2.75, 3.05) is 0 Å². The first-order valence-electron chi connectivity index (χ1n) is 6.21. The van der Waals surface area contributed by atoms with Crippen LogP contribution < -0.4 is 0 Å². The molecule has 1 unspecified atom stereocenters. The molecule has 0 spiro atoms. The normalized spacial score (nSPS) is 21.8. The van der Waals surface area contributed by atoms with Gasteiger partial charge in [-0.2, -0.15) is 0 Å². The highest BCUT2D eigenvalue weighted by Crippen LogP contribution is 2.22. The van der Waals surface area contributed by atoms with E-state index in [4.69, 9.17) is 0 Å². The summed E-state index contributed by atoms with van der Waals surface area (Å²) in [5.74, 6) is 0.664. The number of pyridine rings is 1. The van der Waals surface area contributed by atoms with Crippen molar-refractivity contribution in [3.8, 4) is 0 Å². The predicted octanol–water partition coefficient (Wildman–Crippen LogP) is 3.08. The smallest absolute Gasteiger partial charge is 0.136 e. The van der Waals surface area contributed by atoms with Gasteiger partial charge in [0.15, 0.2) is 0 Å². The van der Waals surface area contributed by atoms with E-state index in [-0.39, 0.29) is 5.92 Å². The Morgan fingerprint density at radius 1 is 1.31 bits per heavy atom. The van der Waals surface area contributed by atoms with Crippen molar-refractivity contribution in [1.29, 1.82) is 0 Å². The van der Waals surface area contributed by atoms with Gasteiger partial charge in [-0.05, 0) is 38.3 Å². The summed E-state index contributed by atoms with van der Waals surface area (Å²) in [6.45, 7) is 2.00. The Morgan fingerprint density at radius 3 is 3.00 bits per heavy atom. The van der Waals surface area contributed by atoms with E-state index in [2.05, 4.69) is 4.98 Å². The quantitative estimate of drug-likeness (QED) is 0.712. The van der Waals surface area contributed by atoms with Crippen LogP contribution in [-0.2, 0) is 11.2 Å². The summed E-state index contributed by atoms with van der Waals surface area (Å²) in [5.41, 5.74) is 2.11. The second kappa shape index (κ2) is 5.24. The summed E-state index contributed by atoms with van der Waals surface area (Å²) < 4.78 is 0. The molecule has 1 aliphatic rings. The Bertz CT molecular complexity index is 373. The first kappa shape index (κ1) is 11.3. The van der Waals surface area contributed by atoms with Crippen LogP contribution in [0.1, 0.15) is 43.5 Å². The molecule has 2 nitrogen and oxygen atoms in total. The van der Waals surface area contributed by atoms with E-state index < -0.39 is 0 Å². The van der Waals surface area contributed by atoms with Gasteiger partial charge in [-0.15, -0.1) is 0 Å². The number of carbonyl (C=O) groups excluding carboxylic acids is 1. The number of hydrogen-bond acceptors (Lipinski definition) is 2. The number of aryl methyl sites for hydroxylation is 1. The molecule has 1 aromatic rings. The summed E-state index contributed by atoms with van der Waals surface area (Å²) in [6.07, 6.45) is 6.15. The minimum Gasteiger partial charge on any atom is -0.299 e. The molecule has 16 heavy (non-hydrogen) atoms. The van der Waals surface area contributed by atoms with Crippen molar-refractivity contribution < 1.29 is 4.79 Å². The molecule has 1 aliphatic carbocycles. The first-order chi connectivity index (χ1) is 7.75. The Morgan fingerprint density at radius 2 is 2.19 bits per heavy atom. The maximum Gasteiger partial charge on any atom is 0.136 e. The summed E-state index contributed by atoms with van der Waals surface area (Å²) in [4.78, 5) is 16.4. The maximum atomic E-state index is 11.9. The van der Waals surface area contributed by atoms with Crippen LogP contribution in [0.5, 0.6) is 0 Å². The number of aromatic nitrogens is 1. The molecule has 0 saturated heterocycles. The van der Waals surface area contributed by atoms with Crippen molar-refractivity contribution in [1.82, 2.24) is 4.98 Å². The Hall–Kier alpha value is -1.18. The van der Waals surface area contributed by atoms with Gasteiger partial charge in [0, 0.05) is 23.7 Å². The number of carbonyl (C=O) groups is 1. The SMILES string of the molecule is Cc1cccc(CC2CCCCCC2=O)n1. The van der Waals surface area contributed by atoms with Gasteiger partial charge in [0.05, 0.1) is 0 Å². The summed E-state index contributed by atoms with van der Waals surface area (Å²) in [6, 6.07) is 6.06. The lowest BCUT2D eigenvalue weighted by atomic mass is 9.93. The number of ketones is 1. The standard InChI is InChI=1S/C14H19NO/c1-11-6-5-8-13(15-11)10-12-7-3-2-4-9-14(12)16/h5-6,8,12H,2-4,7,9-10H2,1H3. The Labute approximate surface area is 97.1 Å². The maximum absolute atomic E-state index is 11.9. The zero-order chi connectivity index (χ0) is 11.4. The van der Waals surface area contributed by atoms with Crippen molar-refractivity contribution in [3.05, 3.63) is 29.6 Å². The van der Waals surface area contributed by atoms with Crippen LogP contribution in [0.3, 0.4) is 0 Å². The fourth-order valence-electron chi connectivity index (χ4n) is 2.41. The van der Waals surface area contributed by atoms with Crippen molar-refractivity contribution in [2.45, 2.75) is 45.4 Å². The molecule has 1 aromatic heterocycles. The molecule has 2 rings (SSSR count). The van der Waals surface area contributed by atoms with Gasteiger partial charge in [0.25, 0.3) is 0 Å². The van der Waals surface area contributed by atoms with Gasteiger partial charge < -0.3 is 0 Å². The van der Waals surface area contributed by atoms with Crippen LogP contribution in [0.2, 0.25) is 0 Å². The van der Waals surface area contributed by atoms with E-state index in [1.54, 1.807) is 0 Å². The van der Waals surface area contributed by atoms with Crippen molar-refractivity contribution >= 4 is 5.78 Å². The molecule has 0 aromatic carbocycles. The number of hydrogen-bond donors (Lipinski definition) is 0. The van der Waals surface area contributed by atoms with Crippen LogP contribution in [0, 0.1) is 12.8 Å². The summed E-state index contributed by atoms with van der Waals surface area (Å²) in [5, 5.41) is 0. The first-order valence-corrected chi connectivity index (χ1v) is 6.21. The molecule has 1 saturated carbocycles. The topological polar surface area (TPSA) is 30.0 Å². The third-order valence-corrected chi connectivity index (χ3v) is 3.33. The molecule has 0 aliphatic heterocycles. The number of rotatable bonds is 2. The third kappa shape index (κ3) is 2.91. The van der Waals surface area contributed by atoms with Gasteiger partial charge in [-0.3, -0.25) is 9.78 Å². The molecule has 0 bridgehead atoms. The van der Waals surface area contributed by atoms with Crippen molar-refractivity contribution in [3.63, 3.8) is 0 Å². The van der Waals surface area contributed by atoms with Crippen LogP contribution in [0.15, 0.2) is 18.2 Å². The highest BCUT2D eigenvalue weighted by molar-refractivity contribution is 5.81. The largest absolute Gasteiger partial charge is 0.299 e. The lowest BCUT2D eigenvalue weighted by molar-refractivity contribution is -0.122. The molecule has 1 heterocycles. The van der Waals surface area contributed by atoms with Gasteiger partial charge in [0.1, 0.15) is 5.78 Å². The van der Waals surface area contributed by atoms with Crippen molar-refractivity contribution in [2.24, 2.45) is 5.92 Å². The molecule has 0 radical (unpaired) electrons. The van der Waals surface area contributed by atoms with Crippen LogP contribution in [0.4, 0.5) is 0 Å². The molecule has 1 fully saturated rings. The fraction of sp³-hybridized carbons (Fsp3) is 0.571. The predicted molar refractivity (Wildman–Crippen MR) is 64.3 cm³/mol. The average molecular weight is 217 g/mol. The zero-order valence-electron chi connectivity index (χ0n) is 9.91. The van der Waals surface area contributed by atoms with Crippen LogP contribution >= 0.6 is 0 Å². The van der Waals surface area contributed by atoms with E-state index in [9.17, 15) is 4.79 Å². The molecule has 0 N–H and O–H groups in total. The van der Waals surface area contributed by atoms with Gasteiger partial charge in [0.2, 0.25) is 0 Å². The summed E-state index contributed by atoms with van der Waals surface area (Å²) >= 11 is 0. The Balaban J connectivity index is 2.05. The second-order valence-electron chi connectivity index (χ2n) is 4.74. The van der Waals surface area contributed by atoms with Crippen LogP contribution in [-0.4, -0.2) is 10.8 Å². The molecular weight excluding hydrogens is 198 g/mol. The lowest BCUT2D eigenvalue weighted by Gasteiger charge is -2.12. The van der Waals surface area contributed by atoms with Gasteiger partial charge >= 0.3 is 0 Å². The average Bonchev–Trinajstić information content (AvgIpc) is 2.45. The molecule has 86 valence electrons. The second-order valence-corrected chi connectivity index (χ2v) is 4.74.